The van der Waals surface area contributed by atoms with E-state index in [1.165, 1.54) is 30.9 Å². The van der Waals surface area contributed by atoms with Gasteiger partial charge in [-0.25, -0.2) is 4.79 Å². The number of carboxylic acid groups (broad SMARTS) is 1. The molecule has 1 fully saturated rings. The molecule has 7 heteroatoms. The molecule has 118 valence electrons. The van der Waals surface area contributed by atoms with Crippen LogP contribution < -0.4 is 9.47 Å². The summed E-state index contributed by atoms with van der Waals surface area (Å²) in [6, 6.07) is 2.68. The van der Waals surface area contributed by atoms with Crippen LogP contribution >= 0.6 is 11.8 Å². The molecule has 2 aliphatic rings. The second-order valence-electron chi connectivity index (χ2n) is 5.79. The van der Waals surface area contributed by atoms with Gasteiger partial charge in [0.1, 0.15) is 11.4 Å². The van der Waals surface area contributed by atoms with Crippen molar-refractivity contribution >= 4 is 23.6 Å². The number of fused-ring (bicyclic) bond motifs is 3. The maximum atomic E-state index is 12.8. The predicted molar refractivity (Wildman–Crippen MR) is 81.6 cm³/mol. The molecule has 0 radical (unpaired) electrons. The smallest absolute Gasteiger partial charge is 0.327 e. The fourth-order valence-corrected chi connectivity index (χ4v) is 4.80. The summed E-state index contributed by atoms with van der Waals surface area (Å²) in [4.78, 5) is 26.0. The van der Waals surface area contributed by atoms with Crippen LogP contribution in [0.25, 0.3) is 0 Å². The zero-order valence-electron chi connectivity index (χ0n) is 12.7. The Hall–Kier alpha value is -1.89. The van der Waals surface area contributed by atoms with Crippen molar-refractivity contribution in [1.29, 1.82) is 0 Å². The summed E-state index contributed by atoms with van der Waals surface area (Å²) >= 11 is 1.48. The number of aliphatic carboxylic acids is 1. The van der Waals surface area contributed by atoms with E-state index in [4.69, 9.17) is 9.47 Å². The minimum atomic E-state index is -0.993. The molecule has 0 spiro atoms. The molecule has 0 aliphatic carbocycles. The van der Waals surface area contributed by atoms with Crippen molar-refractivity contribution in [2.24, 2.45) is 0 Å². The summed E-state index contributed by atoms with van der Waals surface area (Å²) in [6.45, 7) is 3.70. The Morgan fingerprint density at radius 2 is 2.00 bits per heavy atom. The van der Waals surface area contributed by atoms with Crippen LogP contribution in [0.2, 0.25) is 0 Å². The lowest BCUT2D eigenvalue weighted by Gasteiger charge is -2.26. The van der Waals surface area contributed by atoms with Gasteiger partial charge in [-0.05, 0) is 19.9 Å². The van der Waals surface area contributed by atoms with Gasteiger partial charge in [-0.3, -0.25) is 4.79 Å². The molecule has 2 atom stereocenters. The molecule has 3 rings (SSSR count). The highest BCUT2D eigenvalue weighted by Crippen LogP contribution is 2.58. The predicted octanol–water partition coefficient (Wildman–Crippen LogP) is 2.14. The Morgan fingerprint density at radius 3 is 2.55 bits per heavy atom. The Balaban J connectivity index is 2.17. The Labute approximate surface area is 132 Å². The van der Waals surface area contributed by atoms with E-state index in [-0.39, 0.29) is 11.3 Å². The first kappa shape index (κ1) is 15.0. The summed E-state index contributed by atoms with van der Waals surface area (Å²) in [7, 11) is 2.98. The number of nitrogens with zero attached hydrogens (tertiary/aromatic N) is 1. The van der Waals surface area contributed by atoms with Crippen molar-refractivity contribution < 1.29 is 24.2 Å². The van der Waals surface area contributed by atoms with Gasteiger partial charge in [-0.2, -0.15) is 0 Å². The monoisotopic (exact) mass is 323 g/mol. The molecule has 6 nitrogen and oxygen atoms in total. The third kappa shape index (κ3) is 1.81. The van der Waals surface area contributed by atoms with Crippen molar-refractivity contribution in [1.82, 2.24) is 4.90 Å². The van der Waals surface area contributed by atoms with E-state index >= 15 is 0 Å². The number of benzene rings is 1. The van der Waals surface area contributed by atoms with Crippen molar-refractivity contribution in [2.75, 3.05) is 14.2 Å². The van der Waals surface area contributed by atoms with Crippen LogP contribution in [0.3, 0.4) is 0 Å². The third-order valence-electron chi connectivity index (χ3n) is 4.13. The minimum absolute atomic E-state index is 0.307. The summed E-state index contributed by atoms with van der Waals surface area (Å²) < 4.78 is 10.0. The quantitative estimate of drug-likeness (QED) is 0.918. The number of rotatable bonds is 3. The first-order chi connectivity index (χ1) is 10.3. The largest absolute Gasteiger partial charge is 0.493 e. The number of carbonyl (C=O) groups is 2. The van der Waals surface area contributed by atoms with Crippen molar-refractivity contribution in [2.45, 2.75) is 30.0 Å². The summed E-state index contributed by atoms with van der Waals surface area (Å²) in [6.07, 6.45) is 0. The first-order valence-electron chi connectivity index (χ1n) is 6.81. The van der Waals surface area contributed by atoms with Gasteiger partial charge < -0.3 is 19.5 Å². The van der Waals surface area contributed by atoms with E-state index in [0.717, 1.165) is 5.56 Å². The number of thioether (sulfide) groups is 1. The summed E-state index contributed by atoms with van der Waals surface area (Å²) in [5.41, 5.74) is 1.19. The van der Waals surface area contributed by atoms with Crippen molar-refractivity contribution in [3.8, 4) is 11.5 Å². The van der Waals surface area contributed by atoms with Gasteiger partial charge in [0, 0.05) is 10.3 Å². The molecule has 0 unspecified atom stereocenters. The van der Waals surface area contributed by atoms with Gasteiger partial charge in [-0.1, -0.05) is 6.07 Å². The molecular formula is C15H17NO5S. The number of amides is 1. The maximum Gasteiger partial charge on any atom is 0.327 e. The molecular weight excluding hydrogens is 306 g/mol. The Kier molecular flexibility index (Phi) is 3.28. The van der Waals surface area contributed by atoms with Crippen LogP contribution in [0.1, 0.15) is 35.1 Å². The van der Waals surface area contributed by atoms with Crippen LogP contribution in [0.4, 0.5) is 0 Å². The number of methoxy groups -OCH3 is 2. The lowest BCUT2D eigenvalue weighted by molar-refractivity contribution is -0.142. The summed E-state index contributed by atoms with van der Waals surface area (Å²) in [5.74, 6) is -0.484. The van der Waals surface area contributed by atoms with Crippen LogP contribution in [-0.2, 0) is 4.79 Å². The third-order valence-corrected chi connectivity index (χ3v) is 5.67. The van der Waals surface area contributed by atoms with Gasteiger partial charge >= 0.3 is 5.97 Å². The second-order valence-corrected chi connectivity index (χ2v) is 7.53. The number of carbonyl (C=O) groups excluding carboxylic acids is 1. The van der Waals surface area contributed by atoms with Gasteiger partial charge in [0.2, 0.25) is 0 Å². The van der Waals surface area contributed by atoms with Crippen LogP contribution in [0.5, 0.6) is 11.5 Å². The Morgan fingerprint density at radius 1 is 1.32 bits per heavy atom. The number of hydrogen-bond acceptors (Lipinski definition) is 5. The lowest BCUT2D eigenvalue weighted by Crippen LogP contribution is -2.47. The molecule has 1 aromatic carbocycles. The molecule has 1 amide bonds. The van der Waals surface area contributed by atoms with Crippen LogP contribution in [0, 0.1) is 0 Å². The van der Waals surface area contributed by atoms with Gasteiger partial charge in [0.05, 0.1) is 19.8 Å². The highest BCUT2D eigenvalue weighted by atomic mass is 32.2. The fourth-order valence-electron chi connectivity index (χ4n) is 3.23. The molecule has 2 heterocycles. The van der Waals surface area contributed by atoms with E-state index in [9.17, 15) is 14.7 Å². The highest BCUT2D eigenvalue weighted by Gasteiger charge is 2.58. The normalized spacial score (nSPS) is 24.9. The zero-order valence-corrected chi connectivity index (χ0v) is 13.6. The van der Waals surface area contributed by atoms with E-state index in [2.05, 4.69) is 0 Å². The highest BCUT2D eigenvalue weighted by molar-refractivity contribution is 8.01. The zero-order chi connectivity index (χ0) is 16.2. The molecule has 2 aliphatic heterocycles. The van der Waals surface area contributed by atoms with E-state index < -0.39 is 16.8 Å². The van der Waals surface area contributed by atoms with Crippen LogP contribution in [0.15, 0.2) is 12.1 Å². The lowest BCUT2D eigenvalue weighted by atomic mass is 10.0. The fraction of sp³-hybridized carbons (Fsp3) is 0.467. The average molecular weight is 323 g/mol. The standard InChI is InChI=1S/C15H17NO5S/c1-15(2)11(14(18)19)16-12(17)9-7(13(16)22-15)5-6-8(20-3)10(9)21-4/h5-6,11,13H,1-4H3,(H,18,19)/t11-,13+/m0/s1. The molecule has 0 saturated carbocycles. The Bertz CT molecular complexity index is 672. The minimum Gasteiger partial charge on any atom is -0.493 e. The summed E-state index contributed by atoms with van der Waals surface area (Å²) in [5, 5.41) is 9.25. The molecule has 1 N–H and O–H groups in total. The molecule has 0 aromatic heterocycles. The SMILES string of the molecule is COc1ccc2c(c1OC)C(=O)N1[C@@H]2SC(C)(C)[C@@H]1C(=O)O. The van der Waals surface area contributed by atoms with Gasteiger partial charge in [0.25, 0.3) is 5.91 Å². The van der Waals surface area contributed by atoms with Gasteiger partial charge in [-0.15, -0.1) is 11.8 Å². The number of hydrogen-bond donors (Lipinski definition) is 1. The number of ether oxygens (including phenoxy) is 2. The maximum absolute atomic E-state index is 12.8. The number of carboxylic acids is 1. The van der Waals surface area contributed by atoms with E-state index in [1.54, 1.807) is 6.07 Å². The molecule has 1 saturated heterocycles. The van der Waals surface area contributed by atoms with E-state index in [0.29, 0.717) is 17.1 Å². The van der Waals surface area contributed by atoms with Crippen LogP contribution in [-0.4, -0.2) is 46.9 Å². The van der Waals surface area contributed by atoms with E-state index in [1.807, 2.05) is 19.9 Å². The van der Waals surface area contributed by atoms with Gasteiger partial charge in [0.15, 0.2) is 11.5 Å². The van der Waals surface area contributed by atoms with Crippen molar-refractivity contribution in [3.63, 3.8) is 0 Å². The van der Waals surface area contributed by atoms with Crippen molar-refractivity contribution in [3.05, 3.63) is 23.3 Å². The average Bonchev–Trinajstić information content (AvgIpc) is 2.88. The second kappa shape index (κ2) is 4.81. The first-order valence-corrected chi connectivity index (χ1v) is 7.69. The molecule has 1 aromatic rings. The topological polar surface area (TPSA) is 76.1 Å². The molecule has 0 bridgehead atoms. The molecule has 22 heavy (non-hydrogen) atoms.